The van der Waals surface area contributed by atoms with Crippen molar-refractivity contribution in [3.05, 3.63) is 42.5 Å². The fourth-order valence-electron chi connectivity index (χ4n) is 1.42. The van der Waals surface area contributed by atoms with Gasteiger partial charge in [0.05, 0.1) is 12.8 Å². The van der Waals surface area contributed by atoms with Crippen molar-refractivity contribution in [2.45, 2.75) is 12.8 Å². The Kier molecular flexibility index (Phi) is 5.35. The van der Waals surface area contributed by atoms with Crippen molar-refractivity contribution in [2.24, 2.45) is 0 Å². The molecule has 5 heteroatoms. The van der Waals surface area contributed by atoms with Crippen molar-refractivity contribution >= 4 is 22.7 Å². The van der Waals surface area contributed by atoms with E-state index in [1.165, 1.54) is 0 Å². The van der Waals surface area contributed by atoms with Crippen molar-refractivity contribution in [3.63, 3.8) is 0 Å². The number of rotatable bonds is 3. The van der Waals surface area contributed by atoms with Gasteiger partial charge in [-0.05, 0) is 11.5 Å². The molecule has 2 rings (SSSR count). The molecule has 0 heterocycles. The first-order valence-corrected chi connectivity index (χ1v) is 5.61. The van der Waals surface area contributed by atoms with E-state index in [4.69, 9.17) is 10.2 Å². The average molecular weight is 262 g/mol. The van der Waals surface area contributed by atoms with E-state index in [2.05, 4.69) is 0 Å². The number of carboxylic acid groups (broad SMARTS) is 2. The van der Waals surface area contributed by atoms with Gasteiger partial charge in [-0.15, -0.1) is 0 Å². The average Bonchev–Trinajstić information content (AvgIpc) is 2.38. The first-order valence-electron chi connectivity index (χ1n) is 5.61. The molecule has 0 bridgehead atoms. The fourth-order valence-corrected chi connectivity index (χ4v) is 1.42. The summed E-state index contributed by atoms with van der Waals surface area (Å²) in [6.07, 6.45) is -0.593. The van der Waals surface area contributed by atoms with E-state index >= 15 is 0 Å². The summed E-state index contributed by atoms with van der Waals surface area (Å²) in [6.45, 7) is 0. The first kappa shape index (κ1) is 14.5. The molecule has 2 aromatic rings. The highest BCUT2D eigenvalue weighted by Gasteiger charge is 2.00. The summed E-state index contributed by atoms with van der Waals surface area (Å²) in [4.78, 5) is 19.3. The van der Waals surface area contributed by atoms with Gasteiger partial charge in [0.25, 0.3) is 0 Å². The third kappa shape index (κ3) is 5.08. The second kappa shape index (κ2) is 7.00. The number of aromatic hydroxyl groups is 1. The van der Waals surface area contributed by atoms with Crippen LogP contribution in [0.4, 0.5) is 0 Å². The highest BCUT2D eigenvalue weighted by molar-refractivity contribution is 5.87. The summed E-state index contributed by atoms with van der Waals surface area (Å²) in [6, 6.07) is 13.3. The lowest BCUT2D eigenvalue weighted by molar-refractivity contribution is -0.143. The number of carbonyl (C=O) groups is 2. The van der Waals surface area contributed by atoms with E-state index in [9.17, 15) is 14.7 Å². The monoisotopic (exact) mass is 262 g/mol. The summed E-state index contributed by atoms with van der Waals surface area (Å²) in [7, 11) is 0. The largest absolute Gasteiger partial charge is 0.507 e. The van der Waals surface area contributed by atoms with Crippen LogP contribution in [0.1, 0.15) is 12.8 Å². The molecule has 0 radical (unpaired) electrons. The van der Waals surface area contributed by atoms with Crippen molar-refractivity contribution in [3.8, 4) is 5.75 Å². The van der Waals surface area contributed by atoms with E-state index in [0.29, 0.717) is 5.75 Å². The smallest absolute Gasteiger partial charge is 0.303 e. The Bertz CT molecular complexity index is 558. The third-order valence-corrected chi connectivity index (χ3v) is 2.32. The number of hydrogen-bond acceptors (Lipinski definition) is 3. The number of benzene rings is 2. The molecule has 0 amide bonds. The summed E-state index contributed by atoms with van der Waals surface area (Å²) in [5, 5.41) is 27.2. The summed E-state index contributed by atoms with van der Waals surface area (Å²) < 4.78 is 0. The molecule has 0 saturated carbocycles. The van der Waals surface area contributed by atoms with E-state index in [0.717, 1.165) is 10.8 Å². The molecule has 100 valence electrons. The predicted octanol–water partition coefficient (Wildman–Crippen LogP) is 2.48. The quantitative estimate of drug-likeness (QED) is 0.789. The van der Waals surface area contributed by atoms with Crippen molar-refractivity contribution in [1.29, 1.82) is 0 Å². The molecule has 0 unspecified atom stereocenters. The number of hydrogen-bond donors (Lipinski definition) is 3. The number of phenols is 1. The molecular formula is C14H14O5. The number of fused-ring (bicyclic) bond motifs is 1. The van der Waals surface area contributed by atoms with Crippen LogP contribution in [0.25, 0.3) is 10.8 Å². The predicted molar refractivity (Wildman–Crippen MR) is 70.1 cm³/mol. The van der Waals surface area contributed by atoms with Crippen LogP contribution in [0, 0.1) is 0 Å². The van der Waals surface area contributed by atoms with Crippen LogP contribution >= 0.6 is 0 Å². The second-order valence-corrected chi connectivity index (χ2v) is 3.79. The highest BCUT2D eigenvalue weighted by Crippen LogP contribution is 2.22. The number of phenolic OH excluding ortho intramolecular Hbond substituents is 1. The molecule has 19 heavy (non-hydrogen) atoms. The molecule has 0 aliphatic carbocycles. The first-order chi connectivity index (χ1) is 9.00. The van der Waals surface area contributed by atoms with Crippen LogP contribution < -0.4 is 0 Å². The van der Waals surface area contributed by atoms with E-state index in [1.54, 1.807) is 6.07 Å². The number of carboxylic acids is 2. The van der Waals surface area contributed by atoms with Gasteiger partial charge < -0.3 is 15.3 Å². The molecule has 0 spiro atoms. The van der Waals surface area contributed by atoms with Gasteiger partial charge in [0.2, 0.25) is 0 Å². The van der Waals surface area contributed by atoms with Gasteiger partial charge in [0, 0.05) is 5.39 Å². The van der Waals surface area contributed by atoms with Crippen LogP contribution in [0.3, 0.4) is 0 Å². The lowest BCUT2D eigenvalue weighted by Gasteiger charge is -1.97. The molecule has 0 saturated heterocycles. The topological polar surface area (TPSA) is 94.8 Å². The molecule has 0 aliphatic rings. The Hall–Kier alpha value is -2.56. The zero-order valence-corrected chi connectivity index (χ0v) is 10.1. The normalized spacial score (nSPS) is 9.47. The van der Waals surface area contributed by atoms with Crippen LogP contribution in [-0.2, 0) is 9.59 Å². The van der Waals surface area contributed by atoms with Gasteiger partial charge in [-0.25, -0.2) is 0 Å². The molecule has 0 atom stereocenters. The zero-order valence-electron chi connectivity index (χ0n) is 10.1. The maximum atomic E-state index is 9.64. The minimum Gasteiger partial charge on any atom is -0.507 e. The Morgan fingerprint density at radius 2 is 1.37 bits per heavy atom. The molecular weight excluding hydrogens is 248 g/mol. The molecule has 0 aliphatic heterocycles. The van der Waals surface area contributed by atoms with E-state index < -0.39 is 11.9 Å². The highest BCUT2D eigenvalue weighted by atomic mass is 16.4. The van der Waals surface area contributed by atoms with Crippen LogP contribution in [0.5, 0.6) is 5.75 Å². The molecule has 2 aromatic carbocycles. The third-order valence-electron chi connectivity index (χ3n) is 2.32. The van der Waals surface area contributed by atoms with E-state index in [-0.39, 0.29) is 12.8 Å². The minimum absolute atomic E-state index is 0.296. The lowest BCUT2D eigenvalue weighted by Crippen LogP contribution is -2.00. The van der Waals surface area contributed by atoms with Crippen LogP contribution in [-0.4, -0.2) is 27.3 Å². The van der Waals surface area contributed by atoms with Crippen molar-refractivity contribution in [1.82, 2.24) is 0 Å². The Balaban J connectivity index is 0.000000203. The fraction of sp³-hybridized carbons (Fsp3) is 0.143. The Labute approximate surface area is 109 Å². The molecule has 0 fully saturated rings. The van der Waals surface area contributed by atoms with Crippen LogP contribution in [0.2, 0.25) is 0 Å². The molecule has 5 nitrogen and oxygen atoms in total. The van der Waals surface area contributed by atoms with Gasteiger partial charge >= 0.3 is 11.9 Å². The summed E-state index contributed by atoms with van der Waals surface area (Å²) in [5.74, 6) is -1.80. The maximum absolute atomic E-state index is 9.64. The van der Waals surface area contributed by atoms with Gasteiger partial charge in [-0.3, -0.25) is 9.59 Å². The Morgan fingerprint density at radius 1 is 0.842 bits per heavy atom. The van der Waals surface area contributed by atoms with Crippen molar-refractivity contribution in [2.75, 3.05) is 0 Å². The summed E-state index contributed by atoms with van der Waals surface area (Å²) >= 11 is 0. The van der Waals surface area contributed by atoms with Gasteiger partial charge in [-0.2, -0.15) is 0 Å². The maximum Gasteiger partial charge on any atom is 0.303 e. The lowest BCUT2D eigenvalue weighted by atomic mass is 10.1. The number of aliphatic carboxylic acids is 2. The van der Waals surface area contributed by atoms with Gasteiger partial charge in [-0.1, -0.05) is 36.4 Å². The molecule has 3 N–H and O–H groups in total. The van der Waals surface area contributed by atoms with Gasteiger partial charge in [0.1, 0.15) is 5.75 Å². The Morgan fingerprint density at radius 3 is 1.89 bits per heavy atom. The van der Waals surface area contributed by atoms with E-state index in [1.807, 2.05) is 36.4 Å². The van der Waals surface area contributed by atoms with Crippen molar-refractivity contribution < 1.29 is 24.9 Å². The standard InChI is InChI=1S/C10H8O.C4H6O4/c11-10-7-3-5-8-4-1-2-6-9(8)10;5-3(6)1-2-4(7)8/h1-7,11H;1-2H2,(H,5,6)(H,7,8). The zero-order chi connectivity index (χ0) is 14.3. The van der Waals surface area contributed by atoms with Crippen LogP contribution in [0.15, 0.2) is 42.5 Å². The second-order valence-electron chi connectivity index (χ2n) is 3.79. The molecule has 0 aromatic heterocycles. The van der Waals surface area contributed by atoms with Gasteiger partial charge in [0.15, 0.2) is 0 Å². The minimum atomic E-state index is -1.08. The summed E-state index contributed by atoms with van der Waals surface area (Å²) in [5.41, 5.74) is 0. The SMILES string of the molecule is O=C(O)CCC(=O)O.Oc1cccc2ccccc12.